The lowest BCUT2D eigenvalue weighted by Crippen LogP contribution is -2.58. The Labute approximate surface area is 390 Å². The van der Waals surface area contributed by atoms with Crippen molar-refractivity contribution in [1.82, 2.24) is 36.8 Å². The molecule has 3 heterocycles. The zero-order chi connectivity index (χ0) is 49.0. The van der Waals surface area contributed by atoms with Gasteiger partial charge in [-0.25, -0.2) is 0 Å². The molecule has 1 aromatic carbocycles. The number of nitrogens with one attached hydrogen (secondary N) is 7. The van der Waals surface area contributed by atoms with Gasteiger partial charge in [-0.05, 0) is 63.3 Å². The monoisotopic (exact) mass is 941 g/mol. The number of ether oxygens (including phenoxy) is 4. The van der Waals surface area contributed by atoms with Gasteiger partial charge >= 0.3 is 0 Å². The van der Waals surface area contributed by atoms with Crippen LogP contribution in [0.4, 0.5) is 5.69 Å². The van der Waals surface area contributed by atoms with Gasteiger partial charge in [-0.2, -0.15) is 0 Å². The first-order valence-electron chi connectivity index (χ1n) is 22.9. The van der Waals surface area contributed by atoms with Gasteiger partial charge in [0.15, 0.2) is 0 Å². The van der Waals surface area contributed by atoms with Crippen molar-refractivity contribution in [2.24, 2.45) is 22.7 Å². The Morgan fingerprint density at radius 3 is 2.03 bits per heavy atom. The molecule has 0 spiro atoms. The van der Waals surface area contributed by atoms with E-state index >= 15 is 0 Å². The summed E-state index contributed by atoms with van der Waals surface area (Å²) in [7, 11) is 0. The van der Waals surface area contributed by atoms with Gasteiger partial charge in [0.05, 0.1) is 64.0 Å². The Morgan fingerprint density at radius 2 is 1.43 bits per heavy atom. The highest BCUT2D eigenvalue weighted by molar-refractivity contribution is 6.25. The minimum absolute atomic E-state index is 0.0170. The van der Waals surface area contributed by atoms with Crippen LogP contribution in [0.15, 0.2) is 23.2 Å². The van der Waals surface area contributed by atoms with Crippen molar-refractivity contribution in [2.75, 3.05) is 71.3 Å². The van der Waals surface area contributed by atoms with Gasteiger partial charge < -0.3 is 50.8 Å². The summed E-state index contributed by atoms with van der Waals surface area (Å²) < 4.78 is 22.1. The minimum atomic E-state index is -1.04. The van der Waals surface area contributed by atoms with Crippen LogP contribution in [-0.2, 0) is 52.5 Å². The van der Waals surface area contributed by atoms with E-state index in [-0.39, 0.29) is 86.9 Å². The molecule has 0 saturated carbocycles. The van der Waals surface area contributed by atoms with E-state index in [0.717, 1.165) is 4.90 Å². The third-order valence-corrected chi connectivity index (χ3v) is 11.2. The summed E-state index contributed by atoms with van der Waals surface area (Å²) in [5, 5.41) is 18.9. The number of hydrogen-bond donors (Lipinski definition) is 7. The van der Waals surface area contributed by atoms with Gasteiger partial charge in [-0.1, -0.05) is 33.8 Å². The van der Waals surface area contributed by atoms with Gasteiger partial charge in [0.2, 0.25) is 41.4 Å². The molecule has 2 fully saturated rings. The molecule has 3 aliphatic rings. The van der Waals surface area contributed by atoms with Crippen molar-refractivity contribution in [1.29, 1.82) is 0 Å². The summed E-state index contributed by atoms with van der Waals surface area (Å²) in [6.45, 7) is 15.3. The molecule has 1 unspecified atom stereocenters. The number of nitrogens with zero attached hydrogens (tertiary/aromatic N) is 2. The first-order chi connectivity index (χ1) is 32.0. The summed E-state index contributed by atoms with van der Waals surface area (Å²) in [4.78, 5) is 120. The molecule has 67 heavy (non-hydrogen) atoms. The van der Waals surface area contributed by atoms with Crippen LogP contribution in [0.5, 0.6) is 0 Å². The number of rotatable bonds is 30. The van der Waals surface area contributed by atoms with E-state index < -0.39 is 77.6 Å². The quantitative estimate of drug-likeness (QED) is 0.0299. The van der Waals surface area contributed by atoms with E-state index in [1.807, 2.05) is 13.8 Å². The maximum atomic E-state index is 13.5. The van der Waals surface area contributed by atoms with E-state index in [2.05, 4.69) is 48.9 Å². The maximum Gasteiger partial charge on any atom is 0.264 e. The predicted octanol–water partition coefficient (Wildman–Crippen LogP) is -0.198. The Morgan fingerprint density at radius 1 is 0.776 bits per heavy atom. The predicted molar refractivity (Wildman–Crippen MR) is 242 cm³/mol. The van der Waals surface area contributed by atoms with Gasteiger partial charge in [0.1, 0.15) is 30.3 Å². The summed E-state index contributed by atoms with van der Waals surface area (Å²) in [5.41, 5.74) is 0.797. The van der Waals surface area contributed by atoms with Crippen molar-refractivity contribution in [3.63, 3.8) is 0 Å². The fraction of sp³-hybridized carbons (Fsp3) is 0.644. The smallest absolute Gasteiger partial charge is 0.264 e. The molecule has 3 aliphatic heterocycles. The second-order valence-corrected chi connectivity index (χ2v) is 17.2. The number of anilines is 1. The third kappa shape index (κ3) is 16.5. The van der Waals surface area contributed by atoms with Crippen molar-refractivity contribution in [3.05, 3.63) is 29.3 Å². The lowest BCUT2D eigenvalue weighted by molar-refractivity contribution is -0.136. The molecule has 7 N–H and O–H groups in total. The molecular formula is C45H67N9O13. The van der Waals surface area contributed by atoms with E-state index in [4.69, 9.17) is 18.9 Å². The molecule has 370 valence electrons. The van der Waals surface area contributed by atoms with Crippen LogP contribution < -0.4 is 37.2 Å². The topological polar surface area (TPSA) is 290 Å². The van der Waals surface area contributed by atoms with E-state index in [9.17, 15) is 43.2 Å². The van der Waals surface area contributed by atoms with Crippen LogP contribution in [0.3, 0.4) is 0 Å². The molecule has 0 aliphatic carbocycles. The summed E-state index contributed by atoms with van der Waals surface area (Å²) in [6, 6.07) is 0.885. The van der Waals surface area contributed by atoms with Gasteiger partial charge in [-0.15, -0.1) is 0 Å². The minimum Gasteiger partial charge on any atom is -0.382 e. The average Bonchev–Trinajstić information content (AvgIpc) is 3.80. The van der Waals surface area contributed by atoms with Crippen LogP contribution in [0.25, 0.3) is 0 Å². The lowest BCUT2D eigenvalue weighted by atomic mass is 9.99. The highest BCUT2D eigenvalue weighted by atomic mass is 16.6. The number of amides is 9. The number of carbonyl (C=O) groups excluding carboxylic acids is 9. The molecule has 22 heteroatoms. The molecule has 0 radical (unpaired) electrons. The molecule has 22 nitrogen and oxygen atoms in total. The van der Waals surface area contributed by atoms with E-state index in [0.29, 0.717) is 58.0 Å². The standard InChI is InChI=1S/C45H67N9O13/c1-26(2)24-32(41(59)51-34(46-6)25-29-12-14-48-40(29)58)50-43(61)38(27(3)4)53-39(57)28(5)49-36(56)13-16-64-18-20-66-22-23-67-21-19-65-17-15-47-31-9-7-8-30-37(31)45(63)54(44(30)62)33-10-11-35(55)52-42(33)60/h7-9,26-29,32-34,38,47H,6,10-25H2,1-5H3,(H,48,58)(H,49,56)(H,50,61)(H,51,59)(H,53,57)(H,52,55,60)/t28-,29-,32-,33?,34-,38-/m0/s1. The number of benzene rings is 1. The number of hydrogen-bond acceptors (Lipinski definition) is 15. The molecule has 0 aromatic heterocycles. The molecule has 2 saturated heterocycles. The summed E-state index contributed by atoms with van der Waals surface area (Å²) in [5.74, 6) is -5.04. The molecule has 0 bridgehead atoms. The maximum absolute atomic E-state index is 13.5. The fourth-order valence-electron chi connectivity index (χ4n) is 7.59. The number of imide groups is 2. The van der Waals surface area contributed by atoms with Gasteiger partial charge in [0.25, 0.3) is 11.8 Å². The Bertz CT molecular complexity index is 1950. The highest BCUT2D eigenvalue weighted by Gasteiger charge is 2.45. The highest BCUT2D eigenvalue weighted by Crippen LogP contribution is 2.32. The van der Waals surface area contributed by atoms with Crippen molar-refractivity contribution < 1.29 is 62.1 Å². The molecule has 6 atom stereocenters. The molecular weight excluding hydrogens is 875 g/mol. The second kappa shape index (κ2) is 27.1. The third-order valence-electron chi connectivity index (χ3n) is 11.2. The van der Waals surface area contributed by atoms with Crippen LogP contribution in [0.2, 0.25) is 0 Å². The number of fused-ring (bicyclic) bond motifs is 1. The zero-order valence-corrected chi connectivity index (χ0v) is 39.1. The Hall–Kier alpha value is -5.84. The SMILES string of the molecule is C=N[C@H](C[C@@H]1CCNC1=O)NC(=O)[C@H](CC(C)C)NC(=O)[C@@H](NC(=O)[C@H](C)NC(=O)CCOCCOCCOCCOCCNc1cccc2c1C(=O)N(C1CCC(=O)NC1=O)C2=O)C(C)C. The van der Waals surface area contributed by atoms with E-state index in [1.165, 1.54) is 13.0 Å². The van der Waals surface area contributed by atoms with E-state index in [1.54, 1.807) is 26.0 Å². The first-order valence-corrected chi connectivity index (χ1v) is 22.9. The number of carbonyl (C=O) groups is 9. The molecule has 4 rings (SSSR count). The van der Waals surface area contributed by atoms with Crippen molar-refractivity contribution in [3.8, 4) is 0 Å². The normalized spacial score (nSPS) is 18.7. The molecule has 9 amide bonds. The Kier molecular flexibility index (Phi) is 21.7. The largest absolute Gasteiger partial charge is 0.382 e. The van der Waals surface area contributed by atoms with Gasteiger partial charge in [-0.3, -0.25) is 58.4 Å². The zero-order valence-electron chi connectivity index (χ0n) is 39.1. The van der Waals surface area contributed by atoms with Crippen molar-refractivity contribution in [2.45, 2.75) is 103 Å². The number of aliphatic imine (C=N–C) groups is 1. The average molecular weight is 942 g/mol. The fourth-order valence-corrected chi connectivity index (χ4v) is 7.59. The number of piperidine rings is 1. The summed E-state index contributed by atoms with van der Waals surface area (Å²) >= 11 is 0. The summed E-state index contributed by atoms with van der Waals surface area (Å²) in [6.07, 6.45) is 0.610. The lowest BCUT2D eigenvalue weighted by Gasteiger charge is -2.28. The first kappa shape index (κ1) is 53.8. The van der Waals surface area contributed by atoms with Crippen molar-refractivity contribution >= 4 is 65.6 Å². The van der Waals surface area contributed by atoms with Crippen LogP contribution in [0, 0.1) is 17.8 Å². The van der Waals surface area contributed by atoms with Crippen LogP contribution >= 0.6 is 0 Å². The Balaban J connectivity index is 1.03. The second-order valence-electron chi connectivity index (χ2n) is 17.2. The van der Waals surface area contributed by atoms with Gasteiger partial charge in [0, 0.05) is 37.5 Å². The van der Waals surface area contributed by atoms with Crippen LogP contribution in [0.1, 0.15) is 93.9 Å². The van der Waals surface area contributed by atoms with Crippen LogP contribution in [-0.4, -0.2) is 161 Å². The molecule has 1 aromatic rings.